The molecule has 19 heavy (non-hydrogen) atoms. The molecular formula is C13H21ClN2O3. The highest BCUT2D eigenvalue weighted by Crippen LogP contribution is 2.18. The Balaban J connectivity index is 0.00000180. The summed E-state index contributed by atoms with van der Waals surface area (Å²) in [4.78, 5) is 13.6. The predicted octanol–water partition coefficient (Wildman–Crippen LogP) is 1.66. The molecule has 0 saturated carbocycles. The molecule has 0 spiro atoms. The fourth-order valence-electron chi connectivity index (χ4n) is 2.29. The Bertz CT molecular complexity index is 422. The second-order valence-corrected chi connectivity index (χ2v) is 4.92. The number of carbonyl (C=O) groups is 1. The normalized spacial score (nSPS) is 23.7. The molecule has 1 aromatic heterocycles. The highest BCUT2D eigenvalue weighted by Gasteiger charge is 2.24. The number of piperidine rings is 1. The number of hydrogen-bond acceptors (Lipinski definition) is 5. The van der Waals surface area contributed by atoms with Crippen LogP contribution < -0.4 is 5.73 Å². The first-order valence-corrected chi connectivity index (χ1v) is 6.25. The van der Waals surface area contributed by atoms with Gasteiger partial charge in [-0.2, -0.15) is 0 Å². The van der Waals surface area contributed by atoms with Crippen molar-refractivity contribution in [1.82, 2.24) is 4.90 Å². The van der Waals surface area contributed by atoms with Crippen LogP contribution in [0.2, 0.25) is 0 Å². The van der Waals surface area contributed by atoms with E-state index in [4.69, 9.17) is 10.2 Å². The van der Waals surface area contributed by atoms with Crippen LogP contribution in [-0.2, 0) is 11.3 Å². The van der Waals surface area contributed by atoms with Crippen LogP contribution >= 0.6 is 12.4 Å². The maximum atomic E-state index is 11.3. The maximum absolute atomic E-state index is 11.3. The number of carbonyl (C=O) groups excluding carboxylic acids is 1. The molecule has 108 valence electrons. The van der Waals surface area contributed by atoms with Gasteiger partial charge in [-0.05, 0) is 24.5 Å². The van der Waals surface area contributed by atoms with Gasteiger partial charge in [0.25, 0.3) is 0 Å². The van der Waals surface area contributed by atoms with E-state index < -0.39 is 5.97 Å². The first kappa shape index (κ1) is 16.0. The monoisotopic (exact) mass is 288 g/mol. The van der Waals surface area contributed by atoms with Gasteiger partial charge in [-0.25, -0.2) is 4.79 Å². The average Bonchev–Trinajstić information content (AvgIpc) is 2.81. The van der Waals surface area contributed by atoms with E-state index in [-0.39, 0.29) is 18.2 Å². The van der Waals surface area contributed by atoms with Gasteiger partial charge >= 0.3 is 5.97 Å². The summed E-state index contributed by atoms with van der Waals surface area (Å²) >= 11 is 0. The Morgan fingerprint density at radius 3 is 2.95 bits per heavy atom. The molecule has 2 heterocycles. The van der Waals surface area contributed by atoms with Crippen LogP contribution in [-0.4, -0.2) is 37.1 Å². The van der Waals surface area contributed by atoms with Crippen molar-refractivity contribution < 1.29 is 13.9 Å². The quantitative estimate of drug-likeness (QED) is 0.857. The van der Waals surface area contributed by atoms with Crippen molar-refractivity contribution in [2.75, 3.05) is 20.2 Å². The van der Waals surface area contributed by atoms with E-state index in [2.05, 4.69) is 16.6 Å². The lowest BCUT2D eigenvalue weighted by Gasteiger charge is -2.34. The molecular weight excluding hydrogens is 268 g/mol. The molecule has 2 N–H and O–H groups in total. The smallest absolute Gasteiger partial charge is 0.373 e. The SMILES string of the molecule is COC(=O)c1ccc(CN2CCC(N)C(C)C2)o1.Cl. The van der Waals surface area contributed by atoms with Crippen molar-refractivity contribution >= 4 is 18.4 Å². The van der Waals surface area contributed by atoms with Gasteiger partial charge in [0, 0.05) is 19.1 Å². The van der Waals surface area contributed by atoms with Crippen molar-refractivity contribution in [3.63, 3.8) is 0 Å². The van der Waals surface area contributed by atoms with Crippen LogP contribution in [0, 0.1) is 5.92 Å². The molecule has 1 aliphatic heterocycles. The zero-order chi connectivity index (χ0) is 13.1. The van der Waals surface area contributed by atoms with E-state index in [1.54, 1.807) is 6.07 Å². The second kappa shape index (κ2) is 6.93. The Morgan fingerprint density at radius 1 is 1.58 bits per heavy atom. The van der Waals surface area contributed by atoms with Crippen LogP contribution in [0.25, 0.3) is 0 Å². The number of methoxy groups -OCH3 is 1. The van der Waals surface area contributed by atoms with Crippen molar-refractivity contribution in [3.05, 3.63) is 23.7 Å². The van der Waals surface area contributed by atoms with E-state index in [0.717, 1.165) is 25.3 Å². The van der Waals surface area contributed by atoms with E-state index >= 15 is 0 Å². The molecule has 0 amide bonds. The number of esters is 1. The zero-order valence-electron chi connectivity index (χ0n) is 11.3. The van der Waals surface area contributed by atoms with Gasteiger partial charge < -0.3 is 14.9 Å². The summed E-state index contributed by atoms with van der Waals surface area (Å²) in [6.45, 7) is 4.82. The van der Waals surface area contributed by atoms with Crippen LogP contribution in [0.1, 0.15) is 29.7 Å². The number of rotatable bonds is 3. The summed E-state index contributed by atoms with van der Waals surface area (Å²) in [6, 6.07) is 3.77. The number of hydrogen-bond donors (Lipinski definition) is 1. The minimum absolute atomic E-state index is 0. The molecule has 0 bridgehead atoms. The fraction of sp³-hybridized carbons (Fsp3) is 0.615. The van der Waals surface area contributed by atoms with Crippen LogP contribution in [0.5, 0.6) is 0 Å². The standard InChI is InChI=1S/C13H20N2O3.ClH/c1-9-7-15(6-5-11(9)14)8-10-3-4-12(18-10)13(16)17-2;/h3-4,9,11H,5-8,14H2,1-2H3;1H. The minimum Gasteiger partial charge on any atom is -0.463 e. The van der Waals surface area contributed by atoms with Gasteiger partial charge in [-0.1, -0.05) is 6.92 Å². The lowest BCUT2D eigenvalue weighted by molar-refractivity contribution is 0.0559. The van der Waals surface area contributed by atoms with Crippen molar-refractivity contribution in [3.8, 4) is 0 Å². The molecule has 6 heteroatoms. The molecule has 0 aromatic carbocycles. The Kier molecular flexibility index (Phi) is 5.85. The van der Waals surface area contributed by atoms with Gasteiger partial charge in [0.1, 0.15) is 5.76 Å². The summed E-state index contributed by atoms with van der Waals surface area (Å²) in [5, 5.41) is 0. The average molecular weight is 289 g/mol. The first-order chi connectivity index (χ1) is 8.60. The molecule has 0 aliphatic carbocycles. The first-order valence-electron chi connectivity index (χ1n) is 6.25. The van der Waals surface area contributed by atoms with E-state index in [1.165, 1.54) is 7.11 Å². The third-order valence-corrected chi connectivity index (χ3v) is 3.48. The summed E-state index contributed by atoms with van der Waals surface area (Å²) in [5.74, 6) is 1.11. The molecule has 2 unspecified atom stereocenters. The summed E-state index contributed by atoms with van der Waals surface area (Å²) < 4.78 is 10.1. The summed E-state index contributed by atoms with van der Waals surface area (Å²) in [7, 11) is 1.35. The molecule has 1 fully saturated rings. The second-order valence-electron chi connectivity index (χ2n) is 4.92. The van der Waals surface area contributed by atoms with Gasteiger partial charge in [0.05, 0.1) is 13.7 Å². The van der Waals surface area contributed by atoms with Crippen molar-refractivity contribution in [2.24, 2.45) is 11.7 Å². The highest BCUT2D eigenvalue weighted by molar-refractivity contribution is 5.86. The van der Waals surface area contributed by atoms with Crippen LogP contribution in [0.4, 0.5) is 0 Å². The molecule has 1 aliphatic rings. The largest absolute Gasteiger partial charge is 0.463 e. The van der Waals surface area contributed by atoms with E-state index in [9.17, 15) is 4.79 Å². The van der Waals surface area contributed by atoms with Crippen molar-refractivity contribution in [1.29, 1.82) is 0 Å². The molecule has 2 atom stereocenters. The molecule has 1 saturated heterocycles. The fourth-order valence-corrected chi connectivity index (χ4v) is 2.29. The molecule has 2 rings (SSSR count). The number of likely N-dealkylation sites (tertiary alicyclic amines) is 1. The predicted molar refractivity (Wildman–Crippen MR) is 74.3 cm³/mol. The minimum atomic E-state index is -0.435. The number of halogens is 1. The number of nitrogens with zero attached hydrogens (tertiary/aromatic N) is 1. The van der Waals surface area contributed by atoms with Gasteiger partial charge in [0.2, 0.25) is 5.76 Å². The molecule has 1 aromatic rings. The summed E-state index contributed by atoms with van der Waals surface area (Å²) in [6.07, 6.45) is 1.01. The lowest BCUT2D eigenvalue weighted by Crippen LogP contribution is -2.45. The highest BCUT2D eigenvalue weighted by atomic mass is 35.5. The molecule has 5 nitrogen and oxygen atoms in total. The number of ether oxygens (including phenoxy) is 1. The van der Waals surface area contributed by atoms with Gasteiger partial charge in [0.15, 0.2) is 0 Å². The molecule has 0 radical (unpaired) electrons. The van der Waals surface area contributed by atoms with Gasteiger partial charge in [-0.15, -0.1) is 12.4 Å². The Labute approximate surface area is 119 Å². The summed E-state index contributed by atoms with van der Waals surface area (Å²) in [5.41, 5.74) is 5.98. The zero-order valence-corrected chi connectivity index (χ0v) is 12.1. The number of furan rings is 1. The van der Waals surface area contributed by atoms with Crippen molar-refractivity contribution in [2.45, 2.75) is 25.9 Å². The Morgan fingerprint density at radius 2 is 2.32 bits per heavy atom. The van der Waals surface area contributed by atoms with E-state index in [1.807, 2.05) is 6.07 Å². The third-order valence-electron chi connectivity index (χ3n) is 3.48. The van der Waals surface area contributed by atoms with Crippen LogP contribution in [0.3, 0.4) is 0 Å². The number of nitrogens with two attached hydrogens (primary N) is 1. The van der Waals surface area contributed by atoms with Gasteiger partial charge in [-0.3, -0.25) is 4.90 Å². The maximum Gasteiger partial charge on any atom is 0.373 e. The lowest BCUT2D eigenvalue weighted by atomic mass is 9.95. The van der Waals surface area contributed by atoms with Crippen LogP contribution in [0.15, 0.2) is 16.5 Å². The Hall–Kier alpha value is -1.04. The van der Waals surface area contributed by atoms with E-state index in [0.29, 0.717) is 18.5 Å². The third kappa shape index (κ3) is 3.96. The topological polar surface area (TPSA) is 68.7 Å².